The Balaban J connectivity index is 2.20. The molecule has 1 aromatic carbocycles. The van der Waals surface area contributed by atoms with Crippen LogP contribution in [-0.4, -0.2) is 20.5 Å². The van der Waals surface area contributed by atoms with Gasteiger partial charge in [-0.1, -0.05) is 23.7 Å². The standard InChI is InChI=1S/C11H7BrClN3O3/c12-9-5-15(14-11(9)16(18)19)6-10(17)7-2-1-3-8(13)4-7/h1-5H,6H2. The minimum absolute atomic E-state index is 0.0905. The van der Waals surface area contributed by atoms with Crippen molar-refractivity contribution in [3.05, 3.63) is 55.6 Å². The molecule has 98 valence electrons. The Bertz CT molecular complexity index is 656. The lowest BCUT2D eigenvalue weighted by Crippen LogP contribution is -2.11. The van der Waals surface area contributed by atoms with Crippen molar-refractivity contribution in [2.45, 2.75) is 6.54 Å². The first kappa shape index (κ1) is 13.7. The number of carbonyl (C=O) groups excluding carboxylic acids is 1. The number of aromatic nitrogens is 2. The van der Waals surface area contributed by atoms with Gasteiger partial charge in [-0.2, -0.15) is 4.68 Å². The summed E-state index contributed by atoms with van der Waals surface area (Å²) in [5.41, 5.74) is 0.432. The molecule has 0 atom stereocenters. The van der Waals surface area contributed by atoms with E-state index < -0.39 is 4.92 Å². The molecule has 0 radical (unpaired) electrons. The van der Waals surface area contributed by atoms with E-state index in [0.717, 1.165) is 0 Å². The molecule has 6 nitrogen and oxygen atoms in total. The number of nitrogens with zero attached hydrogens (tertiary/aromatic N) is 3. The Labute approximate surface area is 121 Å². The van der Waals surface area contributed by atoms with E-state index in [2.05, 4.69) is 21.0 Å². The highest BCUT2D eigenvalue weighted by Gasteiger charge is 2.20. The smallest absolute Gasteiger partial charge is 0.358 e. The van der Waals surface area contributed by atoms with Gasteiger partial charge < -0.3 is 10.1 Å². The fourth-order valence-electron chi connectivity index (χ4n) is 1.49. The highest BCUT2D eigenvalue weighted by molar-refractivity contribution is 9.10. The fraction of sp³-hybridized carbons (Fsp3) is 0.0909. The first-order chi connectivity index (χ1) is 8.97. The average Bonchev–Trinajstić information content (AvgIpc) is 2.70. The average molecular weight is 345 g/mol. The number of hydrogen-bond donors (Lipinski definition) is 0. The van der Waals surface area contributed by atoms with Crippen LogP contribution in [0.3, 0.4) is 0 Å². The predicted molar refractivity (Wildman–Crippen MR) is 72.4 cm³/mol. The molecule has 19 heavy (non-hydrogen) atoms. The van der Waals surface area contributed by atoms with Gasteiger partial charge in [-0.3, -0.25) is 4.79 Å². The van der Waals surface area contributed by atoms with E-state index in [1.165, 1.54) is 16.9 Å². The first-order valence-electron chi connectivity index (χ1n) is 5.13. The summed E-state index contributed by atoms with van der Waals surface area (Å²) in [5, 5.41) is 14.8. The van der Waals surface area contributed by atoms with Crippen molar-refractivity contribution >= 4 is 39.1 Å². The van der Waals surface area contributed by atoms with Crippen LogP contribution in [0, 0.1) is 10.1 Å². The Morgan fingerprint density at radius 3 is 2.84 bits per heavy atom. The molecular weight excluding hydrogens is 337 g/mol. The van der Waals surface area contributed by atoms with Gasteiger partial charge in [-0.05, 0) is 33.0 Å². The molecule has 0 unspecified atom stereocenters. The molecule has 0 aliphatic rings. The van der Waals surface area contributed by atoms with Crippen molar-refractivity contribution in [1.29, 1.82) is 0 Å². The van der Waals surface area contributed by atoms with Crippen molar-refractivity contribution in [2.24, 2.45) is 0 Å². The van der Waals surface area contributed by atoms with Gasteiger partial charge in [0.15, 0.2) is 5.78 Å². The maximum Gasteiger partial charge on any atom is 0.404 e. The number of hydrogen-bond acceptors (Lipinski definition) is 4. The molecule has 2 rings (SSSR count). The van der Waals surface area contributed by atoms with Gasteiger partial charge in [0.2, 0.25) is 0 Å². The van der Waals surface area contributed by atoms with E-state index in [1.807, 2.05) is 0 Å². The molecule has 0 bridgehead atoms. The van der Waals surface area contributed by atoms with E-state index >= 15 is 0 Å². The van der Waals surface area contributed by atoms with Crippen molar-refractivity contribution in [3.63, 3.8) is 0 Å². The quantitative estimate of drug-likeness (QED) is 0.485. The molecule has 0 saturated heterocycles. The summed E-state index contributed by atoms with van der Waals surface area (Å²) in [4.78, 5) is 22.0. The zero-order chi connectivity index (χ0) is 14.0. The van der Waals surface area contributed by atoms with E-state index in [9.17, 15) is 14.9 Å². The third-order valence-electron chi connectivity index (χ3n) is 2.32. The van der Waals surface area contributed by atoms with Crippen LogP contribution in [0.2, 0.25) is 5.02 Å². The first-order valence-corrected chi connectivity index (χ1v) is 6.30. The Morgan fingerprint density at radius 1 is 1.53 bits per heavy atom. The molecule has 0 N–H and O–H groups in total. The molecule has 1 heterocycles. The molecule has 0 spiro atoms. The second kappa shape index (κ2) is 5.50. The lowest BCUT2D eigenvalue weighted by atomic mass is 10.1. The number of ketones is 1. The van der Waals surface area contributed by atoms with Crippen LogP contribution in [0.15, 0.2) is 34.9 Å². The summed E-state index contributed by atoms with van der Waals surface area (Å²) in [7, 11) is 0. The minimum Gasteiger partial charge on any atom is -0.358 e. The second-order valence-corrected chi connectivity index (χ2v) is 4.98. The minimum atomic E-state index is -0.621. The topological polar surface area (TPSA) is 78.0 Å². The number of benzene rings is 1. The highest BCUT2D eigenvalue weighted by Crippen LogP contribution is 2.22. The van der Waals surface area contributed by atoms with Crippen LogP contribution < -0.4 is 0 Å². The summed E-state index contributed by atoms with van der Waals surface area (Å²) in [6.07, 6.45) is 1.39. The van der Waals surface area contributed by atoms with Gasteiger partial charge in [0.1, 0.15) is 11.0 Å². The van der Waals surface area contributed by atoms with Gasteiger partial charge in [0, 0.05) is 10.6 Å². The third-order valence-corrected chi connectivity index (χ3v) is 3.12. The van der Waals surface area contributed by atoms with Gasteiger partial charge >= 0.3 is 5.82 Å². The van der Waals surface area contributed by atoms with E-state index in [1.54, 1.807) is 18.2 Å². The van der Waals surface area contributed by atoms with Crippen LogP contribution >= 0.6 is 27.5 Å². The number of Topliss-reactive ketones (excluding diaryl/α,β-unsaturated/α-hetero) is 1. The summed E-state index contributed by atoms with van der Waals surface area (Å²) >= 11 is 8.81. The van der Waals surface area contributed by atoms with Gasteiger partial charge in [0.25, 0.3) is 0 Å². The van der Waals surface area contributed by atoms with E-state index in [-0.39, 0.29) is 22.6 Å². The molecular formula is C11H7BrClN3O3. The Morgan fingerprint density at radius 2 is 2.26 bits per heavy atom. The predicted octanol–water partition coefficient (Wildman–Crippen LogP) is 3.09. The van der Waals surface area contributed by atoms with Crippen molar-refractivity contribution < 1.29 is 9.72 Å². The zero-order valence-electron chi connectivity index (χ0n) is 9.42. The maximum absolute atomic E-state index is 12.0. The van der Waals surface area contributed by atoms with Crippen molar-refractivity contribution in [2.75, 3.05) is 0 Å². The Hall–Kier alpha value is -1.73. The molecule has 0 amide bonds. The monoisotopic (exact) mass is 343 g/mol. The van der Waals surface area contributed by atoms with Crippen molar-refractivity contribution in [3.8, 4) is 0 Å². The molecule has 0 aliphatic heterocycles. The van der Waals surface area contributed by atoms with Crippen molar-refractivity contribution in [1.82, 2.24) is 9.78 Å². The van der Waals surface area contributed by atoms with E-state index in [0.29, 0.717) is 10.6 Å². The summed E-state index contributed by atoms with van der Waals surface area (Å²) in [5.74, 6) is -0.550. The molecule has 2 aromatic rings. The SMILES string of the molecule is O=C(Cn1cc(Br)c([N+](=O)[O-])n1)c1cccc(Cl)c1. The molecule has 0 aliphatic carbocycles. The fourth-order valence-corrected chi connectivity index (χ4v) is 2.14. The van der Waals surface area contributed by atoms with E-state index in [4.69, 9.17) is 11.6 Å². The molecule has 8 heteroatoms. The molecule has 0 saturated carbocycles. The number of carbonyl (C=O) groups is 1. The second-order valence-electron chi connectivity index (χ2n) is 3.69. The lowest BCUT2D eigenvalue weighted by molar-refractivity contribution is -0.390. The highest BCUT2D eigenvalue weighted by atomic mass is 79.9. The largest absolute Gasteiger partial charge is 0.404 e. The van der Waals surface area contributed by atoms with Crippen LogP contribution in [0.4, 0.5) is 5.82 Å². The lowest BCUT2D eigenvalue weighted by Gasteiger charge is -1.99. The number of halogens is 2. The van der Waals surface area contributed by atoms with Crippen LogP contribution in [0.25, 0.3) is 0 Å². The van der Waals surface area contributed by atoms with Crippen LogP contribution in [0.1, 0.15) is 10.4 Å². The normalized spacial score (nSPS) is 10.4. The Kier molecular flexibility index (Phi) is 3.96. The molecule has 0 fully saturated rings. The zero-order valence-corrected chi connectivity index (χ0v) is 11.8. The number of rotatable bonds is 4. The van der Waals surface area contributed by atoms with Crippen LogP contribution in [-0.2, 0) is 6.54 Å². The van der Waals surface area contributed by atoms with Gasteiger partial charge in [-0.15, -0.1) is 0 Å². The summed E-state index contributed by atoms with van der Waals surface area (Å²) in [6, 6.07) is 6.49. The third kappa shape index (κ3) is 3.18. The van der Waals surface area contributed by atoms with Gasteiger partial charge in [-0.25, -0.2) is 0 Å². The molecule has 1 aromatic heterocycles. The summed E-state index contributed by atoms with van der Waals surface area (Å²) < 4.78 is 1.45. The maximum atomic E-state index is 12.0. The van der Waals surface area contributed by atoms with Gasteiger partial charge in [0.05, 0.1) is 11.3 Å². The summed E-state index contributed by atoms with van der Waals surface area (Å²) in [6.45, 7) is -0.0905. The van der Waals surface area contributed by atoms with Crippen LogP contribution in [0.5, 0.6) is 0 Å². The number of nitro groups is 1.